The number of carbonyl (C=O) groups is 2. The number of aromatic nitrogens is 1. The molecule has 0 aliphatic rings. The number of rotatable bonds is 9. The average Bonchev–Trinajstić information content (AvgIpc) is 2.80. The zero-order chi connectivity index (χ0) is 15.8. The van der Waals surface area contributed by atoms with Gasteiger partial charge < -0.3 is 9.84 Å². The van der Waals surface area contributed by atoms with E-state index in [1.54, 1.807) is 0 Å². The summed E-state index contributed by atoms with van der Waals surface area (Å²) < 4.78 is 5.20. The molecule has 0 bridgehead atoms. The minimum atomic E-state index is 0.0154. The van der Waals surface area contributed by atoms with E-state index >= 15 is 0 Å². The van der Waals surface area contributed by atoms with Crippen LogP contribution in [-0.2, 0) is 22.4 Å². The first-order valence-corrected chi connectivity index (χ1v) is 7.62. The van der Waals surface area contributed by atoms with Crippen molar-refractivity contribution in [1.82, 2.24) is 10.5 Å². The van der Waals surface area contributed by atoms with Gasteiger partial charge in [0.15, 0.2) is 0 Å². The quantitative estimate of drug-likeness (QED) is 0.760. The Balaban J connectivity index is 2.33. The van der Waals surface area contributed by atoms with Crippen molar-refractivity contribution < 1.29 is 14.1 Å². The number of hydrogen-bond donors (Lipinski definition) is 1. The molecule has 0 aliphatic carbocycles. The third-order valence-electron chi connectivity index (χ3n) is 2.95. The van der Waals surface area contributed by atoms with Crippen molar-refractivity contribution in [2.75, 3.05) is 0 Å². The van der Waals surface area contributed by atoms with E-state index in [0.717, 1.165) is 5.69 Å². The minimum Gasteiger partial charge on any atom is -0.361 e. The van der Waals surface area contributed by atoms with Crippen molar-refractivity contribution >= 4 is 11.7 Å². The van der Waals surface area contributed by atoms with Crippen LogP contribution >= 0.6 is 0 Å². The summed E-state index contributed by atoms with van der Waals surface area (Å²) in [6.07, 6.45) is 2.63. The molecule has 0 unspecified atom stereocenters. The third kappa shape index (κ3) is 7.63. The van der Waals surface area contributed by atoms with Crippen LogP contribution in [0.3, 0.4) is 0 Å². The highest BCUT2D eigenvalue weighted by Crippen LogP contribution is 2.11. The number of ketones is 1. The molecule has 0 saturated carbocycles. The molecule has 5 heteroatoms. The summed E-state index contributed by atoms with van der Waals surface area (Å²) in [5, 5.41) is 6.78. The first-order valence-electron chi connectivity index (χ1n) is 7.62. The second-order valence-corrected chi connectivity index (χ2v) is 6.14. The molecule has 1 heterocycles. The number of amides is 1. The van der Waals surface area contributed by atoms with Crippen LogP contribution in [0.1, 0.15) is 58.4 Å². The van der Waals surface area contributed by atoms with E-state index in [1.165, 1.54) is 0 Å². The van der Waals surface area contributed by atoms with Crippen molar-refractivity contribution in [1.29, 1.82) is 0 Å². The van der Waals surface area contributed by atoms with Crippen LogP contribution in [0.4, 0.5) is 0 Å². The first-order chi connectivity index (χ1) is 9.86. The van der Waals surface area contributed by atoms with Crippen LogP contribution < -0.4 is 5.32 Å². The SMILES string of the molecule is CC(C)CC(=O)CCc1cc(CCC(=O)NC(C)C)no1. The fraction of sp³-hybridized carbons (Fsp3) is 0.688. The minimum absolute atomic E-state index is 0.0154. The zero-order valence-corrected chi connectivity index (χ0v) is 13.4. The molecule has 0 atom stereocenters. The Kier molecular flexibility index (Phi) is 7.12. The predicted octanol–water partition coefficient (Wildman–Crippen LogP) is 2.68. The molecule has 1 aromatic heterocycles. The zero-order valence-electron chi connectivity index (χ0n) is 13.4. The maximum absolute atomic E-state index is 11.6. The smallest absolute Gasteiger partial charge is 0.220 e. The van der Waals surface area contributed by atoms with Gasteiger partial charge in [0.05, 0.1) is 5.69 Å². The second kappa shape index (κ2) is 8.60. The Labute approximate surface area is 126 Å². The molecule has 1 amide bonds. The Morgan fingerprint density at radius 3 is 2.52 bits per heavy atom. The lowest BCUT2D eigenvalue weighted by atomic mass is 10.0. The van der Waals surface area contributed by atoms with Gasteiger partial charge in [0.2, 0.25) is 5.91 Å². The Morgan fingerprint density at radius 2 is 1.90 bits per heavy atom. The van der Waals surface area contributed by atoms with Crippen molar-refractivity contribution in [2.24, 2.45) is 5.92 Å². The van der Waals surface area contributed by atoms with Gasteiger partial charge in [0.1, 0.15) is 11.5 Å². The molecule has 0 fully saturated rings. The lowest BCUT2D eigenvalue weighted by Gasteiger charge is -2.06. The fourth-order valence-corrected chi connectivity index (χ4v) is 2.05. The molecule has 118 valence electrons. The van der Waals surface area contributed by atoms with Gasteiger partial charge in [-0.1, -0.05) is 19.0 Å². The topological polar surface area (TPSA) is 72.2 Å². The predicted molar refractivity (Wildman–Crippen MR) is 80.9 cm³/mol. The van der Waals surface area contributed by atoms with Crippen LogP contribution in [0, 0.1) is 5.92 Å². The largest absolute Gasteiger partial charge is 0.361 e. The fourth-order valence-electron chi connectivity index (χ4n) is 2.05. The molecule has 21 heavy (non-hydrogen) atoms. The van der Waals surface area contributed by atoms with E-state index in [0.29, 0.717) is 43.8 Å². The summed E-state index contributed by atoms with van der Waals surface area (Å²) in [4.78, 5) is 23.2. The number of hydrogen-bond acceptors (Lipinski definition) is 4. The van der Waals surface area contributed by atoms with Gasteiger partial charge in [-0.15, -0.1) is 0 Å². The number of aryl methyl sites for hydroxylation is 2. The van der Waals surface area contributed by atoms with Crippen molar-refractivity contribution in [3.8, 4) is 0 Å². The number of carbonyl (C=O) groups excluding carboxylic acids is 2. The van der Waals surface area contributed by atoms with Crippen molar-refractivity contribution in [2.45, 2.75) is 65.8 Å². The summed E-state index contributed by atoms with van der Waals surface area (Å²) in [5.74, 6) is 1.37. The summed E-state index contributed by atoms with van der Waals surface area (Å²) >= 11 is 0. The van der Waals surface area contributed by atoms with Crippen molar-refractivity contribution in [3.63, 3.8) is 0 Å². The summed E-state index contributed by atoms with van der Waals surface area (Å²) in [6.45, 7) is 7.93. The van der Waals surface area contributed by atoms with E-state index in [-0.39, 0.29) is 17.7 Å². The molecule has 5 nitrogen and oxygen atoms in total. The second-order valence-electron chi connectivity index (χ2n) is 6.14. The van der Waals surface area contributed by atoms with Crippen LogP contribution in [0.2, 0.25) is 0 Å². The molecule has 1 aromatic rings. The van der Waals surface area contributed by atoms with Crippen LogP contribution in [-0.4, -0.2) is 22.9 Å². The van der Waals surface area contributed by atoms with E-state index in [9.17, 15) is 9.59 Å². The van der Waals surface area contributed by atoms with E-state index < -0.39 is 0 Å². The standard InChI is InChI=1S/C16H26N2O3/c1-11(2)9-14(19)6-7-15-10-13(18-21-15)5-8-16(20)17-12(3)4/h10-12H,5-9H2,1-4H3,(H,17,20). The molecule has 0 radical (unpaired) electrons. The Bertz CT molecular complexity index is 423. The molecular formula is C16H26N2O3. The highest BCUT2D eigenvalue weighted by molar-refractivity contribution is 5.78. The highest BCUT2D eigenvalue weighted by Gasteiger charge is 2.10. The molecule has 0 aromatic carbocycles. The molecule has 0 saturated heterocycles. The van der Waals surface area contributed by atoms with Gasteiger partial charge in [-0.05, 0) is 19.8 Å². The number of Topliss-reactive ketones (excluding diaryl/α,β-unsaturated/α-hetero) is 1. The van der Waals surface area contributed by atoms with E-state index in [2.05, 4.69) is 10.5 Å². The summed E-state index contributed by atoms with van der Waals surface area (Å²) in [6, 6.07) is 1.99. The monoisotopic (exact) mass is 294 g/mol. The normalized spacial score (nSPS) is 11.1. The number of nitrogens with one attached hydrogen (secondary N) is 1. The maximum Gasteiger partial charge on any atom is 0.220 e. The molecule has 1 rings (SSSR count). The lowest BCUT2D eigenvalue weighted by Crippen LogP contribution is -2.30. The third-order valence-corrected chi connectivity index (χ3v) is 2.95. The van der Waals surface area contributed by atoms with Gasteiger partial charge in [0.25, 0.3) is 0 Å². The van der Waals surface area contributed by atoms with Crippen LogP contribution in [0.25, 0.3) is 0 Å². The Morgan fingerprint density at radius 1 is 1.19 bits per heavy atom. The van der Waals surface area contributed by atoms with Crippen LogP contribution in [0.5, 0.6) is 0 Å². The molecule has 0 spiro atoms. The van der Waals surface area contributed by atoms with Gasteiger partial charge in [-0.3, -0.25) is 9.59 Å². The van der Waals surface area contributed by atoms with E-state index in [4.69, 9.17) is 4.52 Å². The van der Waals surface area contributed by atoms with Gasteiger partial charge in [0, 0.05) is 44.2 Å². The maximum atomic E-state index is 11.6. The highest BCUT2D eigenvalue weighted by atomic mass is 16.5. The molecule has 1 N–H and O–H groups in total. The van der Waals surface area contributed by atoms with Gasteiger partial charge in [-0.2, -0.15) is 0 Å². The van der Waals surface area contributed by atoms with Crippen molar-refractivity contribution in [3.05, 3.63) is 17.5 Å². The van der Waals surface area contributed by atoms with Gasteiger partial charge >= 0.3 is 0 Å². The Hall–Kier alpha value is -1.65. The van der Waals surface area contributed by atoms with E-state index in [1.807, 2.05) is 33.8 Å². The summed E-state index contributed by atoms with van der Waals surface area (Å²) in [5.41, 5.74) is 0.764. The molecular weight excluding hydrogens is 268 g/mol. The summed E-state index contributed by atoms with van der Waals surface area (Å²) in [7, 11) is 0. The van der Waals surface area contributed by atoms with Crippen LogP contribution in [0.15, 0.2) is 10.6 Å². The first kappa shape index (κ1) is 17.4. The number of nitrogens with zero attached hydrogens (tertiary/aromatic N) is 1. The lowest BCUT2D eigenvalue weighted by molar-refractivity contribution is -0.121. The average molecular weight is 294 g/mol. The molecule has 0 aliphatic heterocycles. The van der Waals surface area contributed by atoms with Gasteiger partial charge in [-0.25, -0.2) is 0 Å².